The van der Waals surface area contributed by atoms with Gasteiger partial charge in [0.1, 0.15) is 6.10 Å². The van der Waals surface area contributed by atoms with Gasteiger partial charge in [-0.3, -0.25) is 0 Å². The van der Waals surface area contributed by atoms with Crippen molar-refractivity contribution in [1.82, 2.24) is 0 Å². The van der Waals surface area contributed by atoms with Crippen molar-refractivity contribution in [3.8, 4) is 0 Å². The summed E-state index contributed by atoms with van der Waals surface area (Å²) >= 11 is 0. The van der Waals surface area contributed by atoms with E-state index in [-0.39, 0.29) is 0 Å². The van der Waals surface area contributed by atoms with Gasteiger partial charge in [-0.25, -0.2) is 9.69 Å². The average molecular weight is 267 g/mol. The number of aliphatic hydroxyl groups is 1. The number of para-hydroxylation sites is 1. The molecule has 2 N–H and O–H groups in total. The van der Waals surface area contributed by atoms with E-state index in [1.807, 2.05) is 24.3 Å². The van der Waals surface area contributed by atoms with Crippen molar-refractivity contribution >= 4 is 17.5 Å². The molecular formula is C16H13NO3. The number of carboxylic acid groups (broad SMARTS) is 1. The fourth-order valence-electron chi connectivity index (χ4n) is 2.44. The molecule has 0 fully saturated rings. The Morgan fingerprint density at radius 1 is 1.00 bits per heavy atom. The lowest BCUT2D eigenvalue weighted by Gasteiger charge is -2.21. The van der Waals surface area contributed by atoms with Crippen LogP contribution in [0.4, 0.5) is 10.5 Å². The molecule has 0 aromatic heterocycles. The van der Waals surface area contributed by atoms with Gasteiger partial charge in [0.25, 0.3) is 0 Å². The molecule has 4 heteroatoms. The lowest BCUT2D eigenvalue weighted by molar-refractivity contribution is 0.205. The van der Waals surface area contributed by atoms with E-state index >= 15 is 0 Å². The highest BCUT2D eigenvalue weighted by Crippen LogP contribution is 2.38. The maximum atomic E-state index is 11.6. The molecule has 20 heavy (non-hydrogen) atoms. The van der Waals surface area contributed by atoms with Crippen LogP contribution in [-0.2, 0) is 0 Å². The van der Waals surface area contributed by atoms with Crippen molar-refractivity contribution in [1.29, 1.82) is 0 Å². The van der Waals surface area contributed by atoms with Crippen LogP contribution in [0, 0.1) is 0 Å². The van der Waals surface area contributed by atoms with Gasteiger partial charge < -0.3 is 10.2 Å². The molecule has 0 spiro atoms. The fraction of sp³-hybridized carbons (Fsp3) is 0.0625. The number of carbonyl (C=O) groups is 1. The van der Waals surface area contributed by atoms with Crippen LogP contribution in [0.15, 0.2) is 60.7 Å². The third kappa shape index (κ3) is 1.96. The van der Waals surface area contributed by atoms with E-state index in [0.29, 0.717) is 11.4 Å². The first-order valence-electron chi connectivity index (χ1n) is 6.26. The molecular weight excluding hydrogens is 254 g/mol. The molecule has 0 bridgehead atoms. The zero-order valence-corrected chi connectivity index (χ0v) is 10.6. The molecule has 1 aliphatic carbocycles. The first-order chi connectivity index (χ1) is 9.68. The van der Waals surface area contributed by atoms with Gasteiger partial charge in [0.15, 0.2) is 0 Å². The van der Waals surface area contributed by atoms with Crippen LogP contribution in [0.25, 0.3) is 5.70 Å². The van der Waals surface area contributed by atoms with Crippen molar-refractivity contribution in [3.05, 3.63) is 71.8 Å². The molecule has 1 amide bonds. The second kappa shape index (κ2) is 4.83. The normalized spacial score (nSPS) is 16.4. The van der Waals surface area contributed by atoms with Crippen molar-refractivity contribution in [3.63, 3.8) is 0 Å². The van der Waals surface area contributed by atoms with E-state index < -0.39 is 12.2 Å². The highest BCUT2D eigenvalue weighted by atomic mass is 16.4. The van der Waals surface area contributed by atoms with E-state index in [9.17, 15) is 15.0 Å². The summed E-state index contributed by atoms with van der Waals surface area (Å²) in [5.41, 5.74) is 2.51. The molecule has 0 radical (unpaired) electrons. The van der Waals surface area contributed by atoms with Crippen LogP contribution >= 0.6 is 0 Å². The van der Waals surface area contributed by atoms with E-state index in [0.717, 1.165) is 11.1 Å². The number of hydrogen-bond acceptors (Lipinski definition) is 2. The number of hydrogen-bond donors (Lipinski definition) is 2. The zero-order valence-electron chi connectivity index (χ0n) is 10.6. The highest BCUT2D eigenvalue weighted by molar-refractivity contribution is 6.03. The number of fused-ring (bicyclic) bond motifs is 1. The Bertz CT molecular complexity index is 679. The molecule has 4 nitrogen and oxygen atoms in total. The minimum atomic E-state index is -1.08. The molecule has 2 aromatic rings. The van der Waals surface area contributed by atoms with Crippen LogP contribution < -0.4 is 4.90 Å². The zero-order chi connectivity index (χ0) is 14.1. The van der Waals surface area contributed by atoms with Crippen LogP contribution in [0.5, 0.6) is 0 Å². The summed E-state index contributed by atoms with van der Waals surface area (Å²) in [7, 11) is 0. The van der Waals surface area contributed by atoms with Gasteiger partial charge in [0.2, 0.25) is 0 Å². The summed E-state index contributed by atoms with van der Waals surface area (Å²) in [4.78, 5) is 12.8. The summed E-state index contributed by atoms with van der Waals surface area (Å²) in [6.07, 6.45) is -0.288. The quantitative estimate of drug-likeness (QED) is 0.878. The van der Waals surface area contributed by atoms with Crippen molar-refractivity contribution in [2.75, 3.05) is 4.90 Å². The second-order valence-corrected chi connectivity index (χ2v) is 4.54. The topological polar surface area (TPSA) is 60.8 Å². The first-order valence-corrected chi connectivity index (χ1v) is 6.26. The Hall–Kier alpha value is -2.59. The Kier molecular flexibility index (Phi) is 3.00. The van der Waals surface area contributed by atoms with Crippen LogP contribution in [0.3, 0.4) is 0 Å². The second-order valence-electron chi connectivity index (χ2n) is 4.54. The van der Waals surface area contributed by atoms with E-state index in [4.69, 9.17) is 0 Å². The number of nitrogens with zero attached hydrogens (tertiary/aromatic N) is 1. The summed E-state index contributed by atoms with van der Waals surface area (Å²) in [5, 5.41) is 19.5. The Labute approximate surface area is 116 Å². The maximum absolute atomic E-state index is 11.6. The number of anilines is 1. The Morgan fingerprint density at radius 2 is 1.65 bits per heavy atom. The number of amides is 1. The Balaban J connectivity index is 2.11. The van der Waals surface area contributed by atoms with Gasteiger partial charge in [0, 0.05) is 5.56 Å². The van der Waals surface area contributed by atoms with Crippen LogP contribution in [-0.4, -0.2) is 16.3 Å². The molecule has 3 rings (SSSR count). The van der Waals surface area contributed by atoms with Gasteiger partial charge in [-0.1, -0.05) is 42.5 Å². The van der Waals surface area contributed by atoms with Gasteiger partial charge in [0.05, 0.1) is 11.4 Å². The molecule has 0 saturated heterocycles. The van der Waals surface area contributed by atoms with E-state index in [2.05, 4.69) is 0 Å². The fourth-order valence-corrected chi connectivity index (χ4v) is 2.44. The Morgan fingerprint density at radius 3 is 2.35 bits per heavy atom. The minimum Gasteiger partial charge on any atom is -0.464 e. The average Bonchev–Trinajstić information content (AvgIpc) is 2.78. The molecule has 0 saturated carbocycles. The van der Waals surface area contributed by atoms with E-state index in [1.165, 1.54) is 4.90 Å². The summed E-state index contributed by atoms with van der Waals surface area (Å²) in [6, 6.07) is 16.1. The standard InChI is InChI=1S/C16H13NO3/c18-15-10-14(12-8-4-5-9-13(12)15)17(16(19)20)11-6-2-1-3-7-11/h1-10,15,18H,(H,19,20). The monoisotopic (exact) mass is 267 g/mol. The highest BCUT2D eigenvalue weighted by Gasteiger charge is 2.29. The summed E-state index contributed by atoms with van der Waals surface area (Å²) in [5.74, 6) is 0. The third-order valence-electron chi connectivity index (χ3n) is 3.32. The molecule has 1 unspecified atom stereocenters. The number of benzene rings is 2. The predicted molar refractivity (Wildman–Crippen MR) is 76.3 cm³/mol. The van der Waals surface area contributed by atoms with Crippen LogP contribution in [0.1, 0.15) is 17.2 Å². The lowest BCUT2D eigenvalue weighted by atomic mass is 10.1. The van der Waals surface area contributed by atoms with Gasteiger partial charge in [-0.15, -0.1) is 0 Å². The van der Waals surface area contributed by atoms with Gasteiger partial charge in [-0.05, 0) is 23.8 Å². The van der Waals surface area contributed by atoms with Gasteiger partial charge >= 0.3 is 6.09 Å². The van der Waals surface area contributed by atoms with Crippen molar-refractivity contribution in [2.45, 2.75) is 6.10 Å². The summed E-state index contributed by atoms with van der Waals surface area (Å²) in [6.45, 7) is 0. The minimum absolute atomic E-state index is 0.492. The van der Waals surface area contributed by atoms with Crippen molar-refractivity contribution < 1.29 is 15.0 Å². The smallest absolute Gasteiger partial charge is 0.416 e. The molecule has 0 aliphatic heterocycles. The SMILES string of the molecule is O=C(O)N(C1=CC(O)c2ccccc21)c1ccccc1. The predicted octanol–water partition coefficient (Wildman–Crippen LogP) is 3.26. The molecule has 2 aromatic carbocycles. The lowest BCUT2D eigenvalue weighted by Crippen LogP contribution is -2.27. The number of aliphatic hydroxyl groups excluding tert-OH is 1. The molecule has 1 aliphatic rings. The number of rotatable bonds is 2. The summed E-state index contributed by atoms with van der Waals surface area (Å²) < 4.78 is 0. The third-order valence-corrected chi connectivity index (χ3v) is 3.32. The maximum Gasteiger partial charge on any atom is 0.416 e. The van der Waals surface area contributed by atoms with Crippen molar-refractivity contribution in [2.24, 2.45) is 0 Å². The van der Waals surface area contributed by atoms with Crippen LogP contribution in [0.2, 0.25) is 0 Å². The largest absolute Gasteiger partial charge is 0.464 e. The molecule has 1 atom stereocenters. The first kappa shape index (κ1) is 12.4. The molecule has 100 valence electrons. The molecule has 0 heterocycles. The van der Waals surface area contributed by atoms with E-state index in [1.54, 1.807) is 36.4 Å². The van der Waals surface area contributed by atoms with Gasteiger partial charge in [-0.2, -0.15) is 0 Å².